The number of hydrogen-bond donors (Lipinski definition) is 1. The van der Waals surface area contributed by atoms with Crippen molar-refractivity contribution in [2.45, 2.75) is 26.2 Å². The molecule has 6 nitrogen and oxygen atoms in total. The van der Waals surface area contributed by atoms with E-state index in [1.54, 1.807) is 14.0 Å². The molecule has 2 saturated heterocycles. The molecular weight excluding hydrogens is 270 g/mol. The summed E-state index contributed by atoms with van der Waals surface area (Å²) in [6.07, 6.45) is 2.26. The number of carbonyl (C=O) groups is 3. The summed E-state index contributed by atoms with van der Waals surface area (Å²) in [6, 6.07) is 0. The summed E-state index contributed by atoms with van der Waals surface area (Å²) < 4.78 is 0. The van der Waals surface area contributed by atoms with E-state index in [1.807, 2.05) is 9.80 Å². The Labute approximate surface area is 125 Å². The van der Waals surface area contributed by atoms with Crippen LogP contribution in [-0.2, 0) is 14.4 Å². The maximum atomic E-state index is 12.5. The van der Waals surface area contributed by atoms with Gasteiger partial charge < -0.3 is 15.1 Å². The van der Waals surface area contributed by atoms with Gasteiger partial charge in [-0.05, 0) is 33.2 Å². The number of piperidine rings is 1. The van der Waals surface area contributed by atoms with E-state index in [2.05, 4.69) is 5.32 Å². The van der Waals surface area contributed by atoms with Gasteiger partial charge in [-0.1, -0.05) is 0 Å². The summed E-state index contributed by atoms with van der Waals surface area (Å²) in [5, 5.41) is 2.86. The van der Waals surface area contributed by atoms with Gasteiger partial charge in [0.1, 0.15) is 5.78 Å². The molecule has 0 spiro atoms. The molecule has 1 unspecified atom stereocenters. The number of hydrogen-bond acceptors (Lipinski definition) is 4. The van der Waals surface area contributed by atoms with E-state index >= 15 is 0 Å². The zero-order valence-corrected chi connectivity index (χ0v) is 12.9. The van der Waals surface area contributed by atoms with Crippen molar-refractivity contribution in [1.29, 1.82) is 0 Å². The minimum atomic E-state index is 0.00865. The highest BCUT2D eigenvalue weighted by atomic mass is 16.2. The Morgan fingerprint density at radius 3 is 2.10 bits per heavy atom. The van der Waals surface area contributed by atoms with Crippen LogP contribution in [0.3, 0.4) is 0 Å². The molecule has 0 aromatic heterocycles. The number of likely N-dealkylation sites (tertiary alicyclic amines) is 2. The Kier molecular flexibility index (Phi) is 5.33. The molecule has 0 aliphatic carbocycles. The molecule has 0 bridgehead atoms. The quantitative estimate of drug-likeness (QED) is 0.785. The third-order valence-electron chi connectivity index (χ3n) is 4.60. The average Bonchev–Trinajstić information content (AvgIpc) is 2.97. The van der Waals surface area contributed by atoms with E-state index in [4.69, 9.17) is 0 Å². The zero-order chi connectivity index (χ0) is 15.4. The average molecular weight is 295 g/mol. The summed E-state index contributed by atoms with van der Waals surface area (Å²) in [5.41, 5.74) is 0. The number of rotatable bonds is 4. The fourth-order valence-corrected chi connectivity index (χ4v) is 3.19. The summed E-state index contributed by atoms with van der Waals surface area (Å²) in [5.74, 6) is 0.471. The highest BCUT2D eigenvalue weighted by Crippen LogP contribution is 2.24. The van der Waals surface area contributed by atoms with Crippen molar-refractivity contribution in [2.75, 3.05) is 39.8 Å². The third-order valence-corrected chi connectivity index (χ3v) is 4.60. The van der Waals surface area contributed by atoms with Crippen molar-refractivity contribution in [1.82, 2.24) is 15.1 Å². The molecule has 0 aromatic rings. The molecule has 1 atom stereocenters. The second kappa shape index (κ2) is 7.02. The Hall–Kier alpha value is -1.43. The minimum absolute atomic E-state index is 0.00865. The van der Waals surface area contributed by atoms with Gasteiger partial charge in [-0.2, -0.15) is 0 Å². The van der Waals surface area contributed by atoms with Crippen LogP contribution in [0.2, 0.25) is 0 Å². The van der Waals surface area contributed by atoms with Gasteiger partial charge in [-0.15, -0.1) is 0 Å². The fourth-order valence-electron chi connectivity index (χ4n) is 3.19. The van der Waals surface area contributed by atoms with Crippen molar-refractivity contribution in [3.05, 3.63) is 0 Å². The second-order valence-corrected chi connectivity index (χ2v) is 6.07. The van der Waals surface area contributed by atoms with E-state index in [1.165, 1.54) is 0 Å². The molecule has 0 aromatic carbocycles. The monoisotopic (exact) mass is 295 g/mol. The maximum absolute atomic E-state index is 12.5. The first-order valence-corrected chi connectivity index (χ1v) is 7.74. The first kappa shape index (κ1) is 15.9. The van der Waals surface area contributed by atoms with Gasteiger partial charge in [0.15, 0.2) is 0 Å². The largest absolute Gasteiger partial charge is 0.342 e. The van der Waals surface area contributed by atoms with Crippen LogP contribution in [0, 0.1) is 11.8 Å². The molecule has 2 aliphatic rings. The van der Waals surface area contributed by atoms with Gasteiger partial charge in [0.2, 0.25) is 11.8 Å². The maximum Gasteiger partial charge on any atom is 0.236 e. The standard InChI is InChI=1S/C15H25N3O3/c1-11(19)13-5-8-18(10-13)15(21)12-3-6-17(7-4-12)14(20)9-16-2/h12-13,16H,3-10H2,1-2H3. The van der Waals surface area contributed by atoms with Crippen molar-refractivity contribution in [2.24, 2.45) is 11.8 Å². The van der Waals surface area contributed by atoms with E-state index < -0.39 is 0 Å². The molecule has 2 heterocycles. The number of nitrogens with one attached hydrogen (secondary N) is 1. The highest BCUT2D eigenvalue weighted by molar-refractivity contribution is 5.83. The van der Waals surface area contributed by atoms with Crippen LogP contribution in [0.15, 0.2) is 0 Å². The molecule has 6 heteroatoms. The van der Waals surface area contributed by atoms with Crippen LogP contribution in [0.1, 0.15) is 26.2 Å². The summed E-state index contributed by atoms with van der Waals surface area (Å²) in [4.78, 5) is 39.3. The van der Waals surface area contributed by atoms with Crippen LogP contribution in [0.5, 0.6) is 0 Å². The Balaban J connectivity index is 1.81. The van der Waals surface area contributed by atoms with Crippen LogP contribution < -0.4 is 5.32 Å². The molecule has 118 valence electrons. The lowest BCUT2D eigenvalue weighted by molar-refractivity contribution is -0.139. The highest BCUT2D eigenvalue weighted by Gasteiger charge is 2.34. The number of amides is 2. The topological polar surface area (TPSA) is 69.7 Å². The van der Waals surface area contributed by atoms with E-state index in [-0.39, 0.29) is 29.4 Å². The number of likely N-dealkylation sites (N-methyl/N-ethyl adjacent to an activating group) is 1. The Morgan fingerprint density at radius 2 is 1.57 bits per heavy atom. The van der Waals surface area contributed by atoms with Crippen molar-refractivity contribution in [3.8, 4) is 0 Å². The fraction of sp³-hybridized carbons (Fsp3) is 0.800. The number of carbonyl (C=O) groups excluding carboxylic acids is 3. The first-order valence-electron chi connectivity index (χ1n) is 7.74. The van der Waals surface area contributed by atoms with Gasteiger partial charge in [0, 0.05) is 38.0 Å². The van der Waals surface area contributed by atoms with Crippen LogP contribution >= 0.6 is 0 Å². The molecule has 2 aliphatic heterocycles. The SMILES string of the molecule is CNCC(=O)N1CCC(C(=O)N2CCC(C(C)=O)C2)CC1. The molecule has 2 amide bonds. The normalized spacial score (nSPS) is 23.4. The zero-order valence-electron chi connectivity index (χ0n) is 12.9. The van der Waals surface area contributed by atoms with Crippen LogP contribution in [0.25, 0.3) is 0 Å². The Morgan fingerprint density at radius 1 is 1.00 bits per heavy atom. The van der Waals surface area contributed by atoms with Crippen LogP contribution in [-0.4, -0.2) is 67.2 Å². The Bertz CT molecular complexity index is 416. The molecular formula is C15H25N3O3. The third kappa shape index (κ3) is 3.81. The van der Waals surface area contributed by atoms with Gasteiger partial charge >= 0.3 is 0 Å². The smallest absolute Gasteiger partial charge is 0.236 e. The van der Waals surface area contributed by atoms with Crippen molar-refractivity contribution >= 4 is 17.6 Å². The molecule has 21 heavy (non-hydrogen) atoms. The molecule has 2 rings (SSSR count). The van der Waals surface area contributed by atoms with E-state index in [0.29, 0.717) is 32.7 Å². The van der Waals surface area contributed by atoms with Crippen molar-refractivity contribution < 1.29 is 14.4 Å². The summed E-state index contributed by atoms with van der Waals surface area (Å²) in [6.45, 7) is 4.53. The van der Waals surface area contributed by atoms with E-state index in [0.717, 1.165) is 19.3 Å². The first-order chi connectivity index (χ1) is 10.0. The van der Waals surface area contributed by atoms with Gasteiger partial charge in [0.05, 0.1) is 6.54 Å². The second-order valence-electron chi connectivity index (χ2n) is 6.07. The molecule has 2 fully saturated rings. The van der Waals surface area contributed by atoms with Crippen molar-refractivity contribution in [3.63, 3.8) is 0 Å². The van der Waals surface area contributed by atoms with Gasteiger partial charge in [-0.3, -0.25) is 14.4 Å². The molecule has 0 radical (unpaired) electrons. The minimum Gasteiger partial charge on any atom is -0.342 e. The predicted octanol–water partition coefficient (Wildman–Crippen LogP) is -0.118. The molecule has 1 N–H and O–H groups in total. The number of ketones is 1. The molecule has 0 saturated carbocycles. The number of Topliss-reactive ketones (excluding diaryl/α,β-unsaturated/α-hetero) is 1. The lowest BCUT2D eigenvalue weighted by Crippen LogP contribution is -2.46. The number of nitrogens with zero attached hydrogens (tertiary/aromatic N) is 2. The summed E-state index contributed by atoms with van der Waals surface area (Å²) in [7, 11) is 1.76. The lowest BCUT2D eigenvalue weighted by atomic mass is 9.95. The summed E-state index contributed by atoms with van der Waals surface area (Å²) >= 11 is 0. The van der Waals surface area contributed by atoms with Gasteiger partial charge in [0.25, 0.3) is 0 Å². The lowest BCUT2D eigenvalue weighted by Gasteiger charge is -2.33. The van der Waals surface area contributed by atoms with Gasteiger partial charge in [-0.25, -0.2) is 0 Å². The van der Waals surface area contributed by atoms with E-state index in [9.17, 15) is 14.4 Å². The predicted molar refractivity (Wildman–Crippen MR) is 78.6 cm³/mol. The van der Waals surface area contributed by atoms with Crippen LogP contribution in [0.4, 0.5) is 0 Å².